The lowest BCUT2D eigenvalue weighted by Gasteiger charge is -2.34. The molecule has 1 unspecified atom stereocenters. The van der Waals surface area contributed by atoms with Gasteiger partial charge in [0, 0.05) is 6.54 Å². The molecule has 0 aromatic heterocycles. The van der Waals surface area contributed by atoms with Crippen LogP contribution in [0.4, 0.5) is 0 Å². The van der Waals surface area contributed by atoms with E-state index in [0.29, 0.717) is 17.5 Å². The molecule has 0 spiro atoms. The highest BCUT2D eigenvalue weighted by atomic mass is 16.6. The fourth-order valence-corrected chi connectivity index (χ4v) is 6.40. The molecule has 3 atom stereocenters. The van der Waals surface area contributed by atoms with Gasteiger partial charge in [0.05, 0.1) is 17.2 Å². The minimum atomic E-state index is -1.57. The number of nitrogens with zero attached hydrogens (tertiary/aromatic N) is 1. The fraction of sp³-hybridized carbons (Fsp3) is 0.486. The number of rotatable bonds is 10. The number of amides is 3. The monoisotopic (exact) mass is 601 g/mol. The first-order chi connectivity index (χ1) is 20.8. The maximum Gasteiger partial charge on any atom is 0.323 e. The van der Waals surface area contributed by atoms with Crippen LogP contribution in [-0.4, -0.2) is 63.7 Å². The number of aliphatic hydroxyl groups is 1. The van der Waals surface area contributed by atoms with E-state index in [1.165, 1.54) is 0 Å². The van der Waals surface area contributed by atoms with Gasteiger partial charge in [0.25, 0.3) is 11.8 Å². The summed E-state index contributed by atoms with van der Waals surface area (Å²) in [5, 5.41) is 19.2. The van der Waals surface area contributed by atoms with Gasteiger partial charge in [-0.25, -0.2) is 0 Å². The molecule has 2 aromatic carbocycles. The van der Waals surface area contributed by atoms with Gasteiger partial charge in [-0.3, -0.25) is 29.4 Å². The van der Waals surface area contributed by atoms with Crippen molar-refractivity contribution >= 4 is 34.5 Å². The number of esters is 1. The SMILES string of the molecule is CC(C)C[C@H](N[C@H](CCN1C(=O)c2cc3ccccc3cc2C1=O)C(=O)OC(C)(C)C)C(=O)NC1(O)C=CCC2=C1CCC2. The van der Waals surface area contributed by atoms with Crippen LogP contribution < -0.4 is 10.6 Å². The van der Waals surface area contributed by atoms with Crippen LogP contribution in [0.5, 0.6) is 0 Å². The van der Waals surface area contributed by atoms with Crippen LogP contribution in [0.25, 0.3) is 10.8 Å². The highest BCUT2D eigenvalue weighted by molar-refractivity contribution is 6.23. The lowest BCUT2D eigenvalue weighted by atomic mass is 9.91. The first-order valence-corrected chi connectivity index (χ1v) is 15.6. The molecule has 44 heavy (non-hydrogen) atoms. The summed E-state index contributed by atoms with van der Waals surface area (Å²) >= 11 is 0. The predicted molar refractivity (Wildman–Crippen MR) is 168 cm³/mol. The van der Waals surface area contributed by atoms with Gasteiger partial charge in [0.1, 0.15) is 11.6 Å². The number of benzene rings is 2. The number of carbonyl (C=O) groups excluding carboxylic acids is 4. The molecule has 1 heterocycles. The Bertz CT molecular complexity index is 1500. The molecule has 0 bridgehead atoms. The minimum Gasteiger partial charge on any atom is -0.459 e. The maximum atomic E-state index is 13.8. The second-order valence-corrected chi connectivity index (χ2v) is 13.5. The van der Waals surface area contributed by atoms with E-state index in [1.807, 2.05) is 44.2 Å². The zero-order valence-corrected chi connectivity index (χ0v) is 26.2. The molecular formula is C35H43N3O6. The number of hydrogen-bond acceptors (Lipinski definition) is 7. The van der Waals surface area contributed by atoms with Gasteiger partial charge < -0.3 is 15.2 Å². The molecule has 1 aliphatic heterocycles. The third-order valence-electron chi connectivity index (χ3n) is 8.42. The molecule has 3 aliphatic rings. The fourth-order valence-electron chi connectivity index (χ4n) is 6.40. The second kappa shape index (κ2) is 12.3. The van der Waals surface area contributed by atoms with E-state index in [9.17, 15) is 24.3 Å². The van der Waals surface area contributed by atoms with Crippen molar-refractivity contribution in [1.29, 1.82) is 0 Å². The van der Waals surface area contributed by atoms with Gasteiger partial charge in [-0.2, -0.15) is 0 Å². The van der Waals surface area contributed by atoms with Gasteiger partial charge in [-0.15, -0.1) is 0 Å². The topological polar surface area (TPSA) is 125 Å². The van der Waals surface area contributed by atoms with Crippen molar-refractivity contribution in [2.75, 3.05) is 6.54 Å². The van der Waals surface area contributed by atoms with E-state index in [4.69, 9.17) is 4.74 Å². The number of allylic oxidation sites excluding steroid dienone is 2. The Morgan fingerprint density at radius 1 is 1.02 bits per heavy atom. The van der Waals surface area contributed by atoms with E-state index < -0.39 is 47.1 Å². The molecule has 2 aliphatic carbocycles. The summed E-state index contributed by atoms with van der Waals surface area (Å²) in [6.07, 6.45) is 7.28. The average molecular weight is 602 g/mol. The number of hydrogen-bond donors (Lipinski definition) is 3. The highest BCUT2D eigenvalue weighted by Crippen LogP contribution is 2.38. The molecule has 0 saturated carbocycles. The Labute approximate surface area is 258 Å². The Morgan fingerprint density at radius 3 is 2.25 bits per heavy atom. The van der Waals surface area contributed by atoms with Gasteiger partial charge in [0.15, 0.2) is 5.72 Å². The molecule has 3 amide bonds. The van der Waals surface area contributed by atoms with E-state index in [1.54, 1.807) is 39.0 Å². The molecule has 234 valence electrons. The lowest BCUT2D eigenvalue weighted by Crippen LogP contribution is -2.58. The molecular weight excluding hydrogens is 558 g/mol. The number of carbonyl (C=O) groups is 4. The smallest absolute Gasteiger partial charge is 0.323 e. The third kappa shape index (κ3) is 6.64. The Hall–Kier alpha value is -3.82. The Kier molecular flexibility index (Phi) is 8.82. The average Bonchev–Trinajstić information content (AvgIpc) is 3.52. The van der Waals surface area contributed by atoms with E-state index in [2.05, 4.69) is 10.6 Å². The first-order valence-electron chi connectivity index (χ1n) is 15.6. The van der Waals surface area contributed by atoms with Crippen molar-refractivity contribution in [3.05, 3.63) is 70.8 Å². The van der Waals surface area contributed by atoms with Crippen molar-refractivity contribution in [2.45, 2.75) is 96.6 Å². The minimum absolute atomic E-state index is 0.0429. The van der Waals surface area contributed by atoms with Crippen molar-refractivity contribution < 1.29 is 29.0 Å². The summed E-state index contributed by atoms with van der Waals surface area (Å²) in [7, 11) is 0. The van der Waals surface area contributed by atoms with Crippen LogP contribution >= 0.6 is 0 Å². The summed E-state index contributed by atoms with van der Waals surface area (Å²) in [6.45, 7) is 9.17. The van der Waals surface area contributed by atoms with Crippen molar-refractivity contribution in [1.82, 2.24) is 15.5 Å². The van der Waals surface area contributed by atoms with Crippen molar-refractivity contribution in [3.8, 4) is 0 Å². The number of nitrogens with one attached hydrogen (secondary N) is 2. The van der Waals surface area contributed by atoms with Crippen LogP contribution in [0.3, 0.4) is 0 Å². The predicted octanol–water partition coefficient (Wildman–Crippen LogP) is 4.79. The second-order valence-electron chi connectivity index (χ2n) is 13.5. The molecule has 9 heteroatoms. The van der Waals surface area contributed by atoms with Crippen molar-refractivity contribution in [2.24, 2.45) is 5.92 Å². The molecule has 0 saturated heterocycles. The molecule has 0 fully saturated rings. The van der Waals surface area contributed by atoms with Crippen LogP contribution in [0.15, 0.2) is 59.7 Å². The molecule has 2 aromatic rings. The van der Waals surface area contributed by atoms with Crippen molar-refractivity contribution in [3.63, 3.8) is 0 Å². The van der Waals surface area contributed by atoms with Gasteiger partial charge in [-0.1, -0.05) is 49.8 Å². The zero-order valence-electron chi connectivity index (χ0n) is 26.2. The van der Waals surface area contributed by atoms with Crippen LogP contribution in [0.1, 0.15) is 93.9 Å². The summed E-state index contributed by atoms with van der Waals surface area (Å²) < 4.78 is 5.71. The quantitative estimate of drug-likeness (QED) is 0.155. The van der Waals surface area contributed by atoms with Gasteiger partial charge >= 0.3 is 5.97 Å². The summed E-state index contributed by atoms with van der Waals surface area (Å²) in [5.74, 6) is -1.77. The standard InChI is InChI=1S/C35H43N3O6/c1-21(2)18-29(30(39)37-35(43)16-9-13-22-12-8-14-27(22)35)36-28(33(42)44-34(3,4)5)15-17-38-31(40)25-19-23-10-6-7-11-24(23)20-26(25)32(38)41/h6-7,9-11,16,19-21,28-29,36,43H,8,12-15,17-18H2,1-5H3,(H,37,39)/t28-,29+,35?/m1/s1. The maximum absolute atomic E-state index is 13.8. The number of ether oxygens (including phenoxy) is 1. The first kappa shape index (κ1) is 31.6. The zero-order chi connectivity index (χ0) is 31.8. The van der Waals surface area contributed by atoms with Gasteiger partial charge in [0.2, 0.25) is 5.91 Å². The number of imide groups is 1. The molecule has 5 rings (SSSR count). The summed E-state index contributed by atoms with van der Waals surface area (Å²) in [4.78, 5) is 55.1. The highest BCUT2D eigenvalue weighted by Gasteiger charge is 2.40. The van der Waals surface area contributed by atoms with E-state index in [-0.39, 0.29) is 18.9 Å². The Morgan fingerprint density at radius 2 is 1.66 bits per heavy atom. The lowest BCUT2D eigenvalue weighted by molar-refractivity contribution is -0.158. The van der Waals surface area contributed by atoms with Crippen LogP contribution in [-0.2, 0) is 14.3 Å². The van der Waals surface area contributed by atoms with Crippen LogP contribution in [0, 0.1) is 5.92 Å². The summed E-state index contributed by atoms with van der Waals surface area (Å²) in [5.41, 5.74) is 0.311. The van der Waals surface area contributed by atoms with E-state index >= 15 is 0 Å². The van der Waals surface area contributed by atoms with Crippen LogP contribution in [0.2, 0.25) is 0 Å². The third-order valence-corrected chi connectivity index (χ3v) is 8.42. The Balaban J connectivity index is 1.36. The normalized spacial score (nSPS) is 21.1. The largest absolute Gasteiger partial charge is 0.459 e. The molecule has 3 N–H and O–H groups in total. The summed E-state index contributed by atoms with van der Waals surface area (Å²) in [6, 6.07) is 9.15. The van der Waals surface area contributed by atoms with E-state index in [0.717, 1.165) is 52.5 Å². The number of fused-ring (bicyclic) bond motifs is 2. The molecule has 0 radical (unpaired) electrons. The van der Waals surface area contributed by atoms with Gasteiger partial charge in [-0.05, 0) is 99.8 Å². The molecule has 9 nitrogen and oxygen atoms in total.